The molecule has 0 radical (unpaired) electrons. The van der Waals surface area contributed by atoms with Gasteiger partial charge < -0.3 is 25.3 Å². The fourth-order valence-corrected chi connectivity index (χ4v) is 5.08. The molecule has 2 heterocycles. The molecule has 1 atom stereocenters. The van der Waals surface area contributed by atoms with Crippen molar-refractivity contribution in [2.24, 2.45) is 10.7 Å². The Labute approximate surface area is 188 Å². The molecule has 1 aromatic rings. The summed E-state index contributed by atoms with van der Waals surface area (Å²) in [6.07, 6.45) is 1.17. The summed E-state index contributed by atoms with van der Waals surface area (Å²) in [5, 5.41) is 3.36. The third-order valence-electron chi connectivity index (χ3n) is 5.24. The lowest BCUT2D eigenvalue weighted by Crippen LogP contribution is -2.59. The van der Waals surface area contributed by atoms with Gasteiger partial charge in [0.2, 0.25) is 0 Å². The number of benzene rings is 1. The summed E-state index contributed by atoms with van der Waals surface area (Å²) < 4.78 is 16.1. The smallest absolute Gasteiger partial charge is 0.188 e. The lowest BCUT2D eigenvalue weighted by molar-refractivity contribution is -0.0119. The summed E-state index contributed by atoms with van der Waals surface area (Å²) in [4.78, 5) is 7.06. The second-order valence-electron chi connectivity index (χ2n) is 6.87. The summed E-state index contributed by atoms with van der Waals surface area (Å²) in [6.45, 7) is 4.93. The molecule has 158 valence electrons. The van der Waals surface area contributed by atoms with Crippen LogP contribution in [0.2, 0.25) is 0 Å². The second kappa shape index (κ2) is 11.3. The van der Waals surface area contributed by atoms with Gasteiger partial charge in [0, 0.05) is 30.9 Å². The summed E-state index contributed by atoms with van der Waals surface area (Å²) in [6, 6.07) is 5.79. The van der Waals surface area contributed by atoms with E-state index >= 15 is 0 Å². The fraction of sp³-hybridized carbons (Fsp3) is 0.632. The summed E-state index contributed by atoms with van der Waals surface area (Å²) in [5.74, 6) is 4.22. The van der Waals surface area contributed by atoms with Gasteiger partial charge in [-0.3, -0.25) is 4.90 Å². The van der Waals surface area contributed by atoms with Gasteiger partial charge in [0.25, 0.3) is 0 Å². The second-order valence-corrected chi connectivity index (χ2v) is 7.98. The van der Waals surface area contributed by atoms with Gasteiger partial charge in [-0.1, -0.05) is 6.07 Å². The highest BCUT2D eigenvalue weighted by atomic mass is 127. The van der Waals surface area contributed by atoms with Crippen molar-refractivity contribution in [3.05, 3.63) is 23.8 Å². The molecule has 2 fully saturated rings. The predicted molar refractivity (Wildman–Crippen MR) is 125 cm³/mol. The van der Waals surface area contributed by atoms with E-state index in [0.29, 0.717) is 24.0 Å². The average molecular weight is 522 g/mol. The molecule has 7 nitrogen and oxygen atoms in total. The molecule has 9 heteroatoms. The Morgan fingerprint density at radius 3 is 2.68 bits per heavy atom. The molecular formula is C19H31IN4O3S. The van der Waals surface area contributed by atoms with Crippen LogP contribution < -0.4 is 20.5 Å². The zero-order valence-electron chi connectivity index (χ0n) is 16.6. The van der Waals surface area contributed by atoms with Gasteiger partial charge >= 0.3 is 0 Å². The fourth-order valence-electron chi connectivity index (χ4n) is 3.60. The number of guanidine groups is 1. The third-order valence-corrected chi connectivity index (χ3v) is 6.48. The van der Waals surface area contributed by atoms with Crippen LogP contribution in [-0.2, 0) is 11.3 Å². The molecule has 0 spiro atoms. The minimum absolute atomic E-state index is 0. The molecule has 2 aliphatic heterocycles. The number of hydrogen-bond donors (Lipinski definition) is 2. The van der Waals surface area contributed by atoms with Crippen molar-refractivity contribution in [1.29, 1.82) is 0 Å². The minimum Gasteiger partial charge on any atom is -0.493 e. The quantitative estimate of drug-likeness (QED) is 0.322. The number of morpholine rings is 1. The van der Waals surface area contributed by atoms with Crippen molar-refractivity contribution in [2.75, 3.05) is 58.6 Å². The van der Waals surface area contributed by atoms with E-state index in [9.17, 15) is 0 Å². The number of rotatable bonds is 7. The first-order chi connectivity index (χ1) is 13.2. The highest BCUT2D eigenvalue weighted by Crippen LogP contribution is 2.33. The Kier molecular flexibility index (Phi) is 9.45. The van der Waals surface area contributed by atoms with Crippen molar-refractivity contribution in [3.8, 4) is 11.5 Å². The Balaban J connectivity index is 0.00000280. The van der Waals surface area contributed by atoms with Gasteiger partial charge in [-0.15, -0.1) is 24.0 Å². The van der Waals surface area contributed by atoms with Gasteiger partial charge in [0.05, 0.1) is 34.0 Å². The van der Waals surface area contributed by atoms with E-state index in [4.69, 9.17) is 19.9 Å². The van der Waals surface area contributed by atoms with E-state index in [1.165, 1.54) is 12.2 Å². The van der Waals surface area contributed by atoms with Gasteiger partial charge in [0.15, 0.2) is 17.5 Å². The van der Waals surface area contributed by atoms with Crippen molar-refractivity contribution >= 4 is 41.7 Å². The van der Waals surface area contributed by atoms with Crippen LogP contribution in [0.5, 0.6) is 11.5 Å². The number of thioether (sulfide) groups is 1. The van der Waals surface area contributed by atoms with E-state index in [1.807, 2.05) is 30.0 Å². The molecule has 1 aromatic carbocycles. The van der Waals surface area contributed by atoms with Crippen LogP contribution in [0, 0.1) is 0 Å². The molecule has 28 heavy (non-hydrogen) atoms. The molecule has 0 bridgehead atoms. The SMILES string of the molecule is COc1ccc(CN=C(N)NCC2(N3CCOCC3)CCSC2)cc1OC.I. The topological polar surface area (TPSA) is 81.3 Å². The molecule has 2 aliphatic rings. The van der Waals surface area contributed by atoms with E-state index in [-0.39, 0.29) is 29.5 Å². The van der Waals surface area contributed by atoms with Crippen LogP contribution in [0.25, 0.3) is 0 Å². The van der Waals surface area contributed by atoms with Gasteiger partial charge in [-0.2, -0.15) is 11.8 Å². The summed E-state index contributed by atoms with van der Waals surface area (Å²) in [5.41, 5.74) is 7.32. The zero-order valence-corrected chi connectivity index (χ0v) is 19.8. The monoisotopic (exact) mass is 522 g/mol. The normalized spacial score (nSPS) is 23.1. The number of aliphatic imine (C=N–C) groups is 1. The number of methoxy groups -OCH3 is 2. The number of nitrogens with zero attached hydrogens (tertiary/aromatic N) is 2. The maximum atomic E-state index is 6.15. The Morgan fingerprint density at radius 1 is 1.29 bits per heavy atom. The van der Waals surface area contributed by atoms with Gasteiger partial charge in [-0.05, 0) is 29.9 Å². The number of nitrogens with two attached hydrogens (primary N) is 1. The Morgan fingerprint density at radius 2 is 2.04 bits per heavy atom. The lowest BCUT2D eigenvalue weighted by atomic mass is 9.95. The molecule has 3 rings (SSSR count). The minimum atomic E-state index is 0. The zero-order chi connectivity index (χ0) is 19.1. The molecule has 1 unspecified atom stereocenters. The highest BCUT2D eigenvalue weighted by Gasteiger charge is 2.40. The summed E-state index contributed by atoms with van der Waals surface area (Å²) >= 11 is 2.02. The van der Waals surface area contributed by atoms with Crippen molar-refractivity contribution in [3.63, 3.8) is 0 Å². The van der Waals surface area contributed by atoms with Crippen molar-refractivity contribution < 1.29 is 14.2 Å². The van der Waals surface area contributed by atoms with E-state index in [0.717, 1.165) is 44.2 Å². The molecular weight excluding hydrogens is 491 g/mol. The van der Waals surface area contributed by atoms with Crippen LogP contribution in [0.4, 0.5) is 0 Å². The Hall–Kier alpha value is -0.910. The first-order valence-corrected chi connectivity index (χ1v) is 10.5. The molecule has 0 saturated carbocycles. The first kappa shape index (κ1) is 23.4. The molecule has 3 N–H and O–H groups in total. The lowest BCUT2D eigenvalue weighted by Gasteiger charge is -2.43. The largest absolute Gasteiger partial charge is 0.493 e. The molecule has 0 amide bonds. The predicted octanol–water partition coefficient (Wildman–Crippen LogP) is 1.93. The summed E-state index contributed by atoms with van der Waals surface area (Å²) in [7, 11) is 3.26. The highest BCUT2D eigenvalue weighted by molar-refractivity contribution is 14.0. The van der Waals surface area contributed by atoms with Crippen LogP contribution in [0.15, 0.2) is 23.2 Å². The van der Waals surface area contributed by atoms with Crippen LogP contribution >= 0.6 is 35.7 Å². The van der Waals surface area contributed by atoms with Crippen molar-refractivity contribution in [2.45, 2.75) is 18.5 Å². The van der Waals surface area contributed by atoms with Gasteiger partial charge in [-0.25, -0.2) is 4.99 Å². The maximum Gasteiger partial charge on any atom is 0.188 e. The molecule has 0 aromatic heterocycles. The third kappa shape index (κ3) is 5.80. The maximum absolute atomic E-state index is 6.15. The average Bonchev–Trinajstić information content (AvgIpc) is 3.21. The molecule has 2 saturated heterocycles. The van der Waals surface area contributed by atoms with Crippen molar-refractivity contribution in [1.82, 2.24) is 10.2 Å². The molecule has 0 aliphatic carbocycles. The number of hydrogen-bond acceptors (Lipinski definition) is 6. The number of halogens is 1. The van der Waals surface area contributed by atoms with E-state index < -0.39 is 0 Å². The Bertz CT molecular complexity index is 650. The van der Waals surface area contributed by atoms with E-state index in [2.05, 4.69) is 15.2 Å². The van der Waals surface area contributed by atoms with E-state index in [1.54, 1.807) is 14.2 Å². The van der Waals surface area contributed by atoms with Gasteiger partial charge in [0.1, 0.15) is 0 Å². The number of ether oxygens (including phenoxy) is 3. The van der Waals surface area contributed by atoms with Crippen LogP contribution in [-0.4, -0.2) is 75.0 Å². The standard InChI is InChI=1S/C19H30N4O3S.HI/c1-24-16-4-3-15(11-17(16)25-2)12-21-18(20)22-13-19(5-10-27-14-19)23-6-8-26-9-7-23;/h3-4,11H,5-10,12-14H2,1-2H3,(H3,20,21,22);1H. The first-order valence-electron chi connectivity index (χ1n) is 9.32. The van der Waals surface area contributed by atoms with Crippen LogP contribution in [0.1, 0.15) is 12.0 Å². The van der Waals surface area contributed by atoms with Crippen LogP contribution in [0.3, 0.4) is 0 Å². The number of nitrogens with one attached hydrogen (secondary N) is 1.